The molecule has 0 saturated carbocycles. The van der Waals surface area contributed by atoms with Gasteiger partial charge in [0, 0.05) is 10.1 Å². The van der Waals surface area contributed by atoms with E-state index in [1.165, 1.54) is 27.0 Å². The molecule has 0 N–H and O–H groups in total. The first kappa shape index (κ1) is 16.3. The third-order valence-electron chi connectivity index (χ3n) is 5.32. The van der Waals surface area contributed by atoms with Gasteiger partial charge >= 0.3 is 0 Å². The minimum atomic E-state index is 0.303. The third kappa shape index (κ3) is 2.48. The normalized spacial score (nSPS) is 19.1. The van der Waals surface area contributed by atoms with Crippen LogP contribution < -0.4 is 0 Å². The Hall–Kier alpha value is -2.70. The highest BCUT2D eigenvalue weighted by molar-refractivity contribution is 8.00. The van der Waals surface area contributed by atoms with Gasteiger partial charge in [0.25, 0.3) is 0 Å². The van der Waals surface area contributed by atoms with Gasteiger partial charge in [0.2, 0.25) is 0 Å². The zero-order valence-electron chi connectivity index (χ0n) is 14.9. The monoisotopic (exact) mass is 400 g/mol. The summed E-state index contributed by atoms with van der Waals surface area (Å²) in [6, 6.07) is 21.6. The van der Waals surface area contributed by atoms with Crippen molar-refractivity contribution in [2.75, 3.05) is 0 Å². The van der Waals surface area contributed by atoms with Crippen LogP contribution in [0.25, 0.3) is 15.9 Å². The molecule has 2 atom stereocenters. The van der Waals surface area contributed by atoms with Crippen LogP contribution in [0, 0.1) is 0 Å². The highest BCUT2D eigenvalue weighted by Gasteiger charge is 2.34. The van der Waals surface area contributed by atoms with Gasteiger partial charge in [-0.25, -0.2) is 4.98 Å². The van der Waals surface area contributed by atoms with E-state index in [0.717, 1.165) is 16.9 Å². The lowest BCUT2D eigenvalue weighted by Gasteiger charge is -2.30. The molecule has 3 aromatic heterocycles. The van der Waals surface area contributed by atoms with Gasteiger partial charge in [0.1, 0.15) is 17.5 Å². The van der Waals surface area contributed by atoms with E-state index < -0.39 is 0 Å². The van der Waals surface area contributed by atoms with Crippen LogP contribution in [0.2, 0.25) is 0 Å². The fraction of sp³-hybridized carbons (Fsp3) is 0.136. The number of rotatable bonds is 2. The highest BCUT2D eigenvalue weighted by Crippen LogP contribution is 2.55. The zero-order valence-corrected chi connectivity index (χ0v) is 16.5. The second kappa shape index (κ2) is 6.43. The van der Waals surface area contributed by atoms with Crippen LogP contribution in [-0.4, -0.2) is 19.6 Å². The predicted octanol–water partition coefficient (Wildman–Crippen LogP) is 5.46. The molecule has 6 rings (SSSR count). The van der Waals surface area contributed by atoms with Crippen molar-refractivity contribution in [3.63, 3.8) is 0 Å². The maximum Gasteiger partial charge on any atom is 0.172 e. The molecule has 4 nitrogen and oxygen atoms in total. The number of hydrogen-bond acceptors (Lipinski definition) is 5. The van der Waals surface area contributed by atoms with E-state index >= 15 is 0 Å². The summed E-state index contributed by atoms with van der Waals surface area (Å²) in [7, 11) is 0. The molecule has 0 radical (unpaired) electrons. The largest absolute Gasteiger partial charge is 0.271 e. The van der Waals surface area contributed by atoms with Crippen molar-refractivity contribution in [3.8, 4) is 0 Å². The number of nitrogens with zero attached hydrogens (tertiary/aromatic N) is 4. The van der Waals surface area contributed by atoms with Crippen molar-refractivity contribution in [3.05, 3.63) is 94.9 Å². The van der Waals surface area contributed by atoms with Crippen LogP contribution in [0.1, 0.15) is 32.1 Å². The number of fused-ring (bicyclic) bond motifs is 5. The predicted molar refractivity (Wildman–Crippen MR) is 115 cm³/mol. The molecule has 0 saturated heterocycles. The first-order valence-electron chi connectivity index (χ1n) is 9.23. The first-order chi connectivity index (χ1) is 13.9. The van der Waals surface area contributed by atoms with Crippen molar-refractivity contribution >= 4 is 39.0 Å². The molecular weight excluding hydrogens is 384 g/mol. The second-order valence-corrected chi connectivity index (χ2v) is 9.30. The molecule has 0 unspecified atom stereocenters. The zero-order chi connectivity index (χ0) is 18.5. The topological polar surface area (TPSA) is 43.1 Å². The molecule has 0 aliphatic carbocycles. The van der Waals surface area contributed by atoms with Crippen LogP contribution in [0.5, 0.6) is 0 Å². The fourth-order valence-corrected chi connectivity index (χ4v) is 6.98. The van der Waals surface area contributed by atoms with Gasteiger partial charge in [-0.15, -0.1) is 33.3 Å². The number of thiophene rings is 1. The summed E-state index contributed by atoms with van der Waals surface area (Å²) >= 11 is 3.85. The first-order valence-corrected chi connectivity index (χ1v) is 11.0. The van der Waals surface area contributed by atoms with Gasteiger partial charge in [0.05, 0.1) is 10.6 Å². The smallest absolute Gasteiger partial charge is 0.172 e. The molecule has 6 heteroatoms. The van der Waals surface area contributed by atoms with Crippen LogP contribution in [0.3, 0.4) is 0 Å². The van der Waals surface area contributed by atoms with Crippen LogP contribution in [0.15, 0.2) is 73.3 Å². The number of aromatic nitrogens is 4. The summed E-state index contributed by atoms with van der Waals surface area (Å²) in [6.07, 6.45) is 4.54. The summed E-state index contributed by atoms with van der Waals surface area (Å²) < 4.78 is 1.92. The van der Waals surface area contributed by atoms with Crippen LogP contribution >= 0.6 is 23.1 Å². The molecular formula is C22H16N4S2. The van der Waals surface area contributed by atoms with Gasteiger partial charge in [0.15, 0.2) is 5.65 Å². The Morgan fingerprint density at radius 1 is 0.893 bits per heavy atom. The van der Waals surface area contributed by atoms with E-state index in [2.05, 4.69) is 70.9 Å². The maximum absolute atomic E-state index is 4.70. The van der Waals surface area contributed by atoms with Gasteiger partial charge in [-0.2, -0.15) is 0 Å². The molecule has 0 bridgehead atoms. The molecule has 136 valence electrons. The third-order valence-corrected chi connectivity index (χ3v) is 8.22. The minimum absolute atomic E-state index is 0.303. The standard InChI is InChI=1S/C22H16N4S2/c1-3-7-14(8-4-1)17-11-16-18-21-25-24-13-26(21)12-23-22(18)28-20(16)19(27-17)15-9-5-2-6-10-15/h1-10,12-13,17,19H,11H2/t17-,19+/m1/s1. The summed E-state index contributed by atoms with van der Waals surface area (Å²) in [5.41, 5.74) is 5.01. The Morgan fingerprint density at radius 2 is 1.64 bits per heavy atom. The molecule has 1 aliphatic rings. The highest BCUT2D eigenvalue weighted by atomic mass is 32.2. The second-order valence-electron chi connectivity index (χ2n) is 6.96. The fourth-order valence-electron chi connectivity index (χ4n) is 4.01. The van der Waals surface area contributed by atoms with Crippen molar-refractivity contribution in [1.29, 1.82) is 0 Å². The van der Waals surface area contributed by atoms with E-state index in [-0.39, 0.29) is 0 Å². The molecule has 5 aromatic rings. The van der Waals surface area contributed by atoms with Crippen LogP contribution in [-0.2, 0) is 6.42 Å². The average Bonchev–Trinajstić information content (AvgIpc) is 3.38. The summed E-state index contributed by atoms with van der Waals surface area (Å²) in [5.74, 6) is 0. The van der Waals surface area contributed by atoms with Crippen molar-refractivity contribution < 1.29 is 0 Å². The molecule has 1 aliphatic heterocycles. The lowest BCUT2D eigenvalue weighted by Crippen LogP contribution is -2.11. The van der Waals surface area contributed by atoms with Crippen molar-refractivity contribution in [2.24, 2.45) is 0 Å². The van der Waals surface area contributed by atoms with E-state index in [1.807, 2.05) is 22.5 Å². The Labute approximate surface area is 170 Å². The Bertz CT molecular complexity index is 1280. The lowest BCUT2D eigenvalue weighted by molar-refractivity contribution is 0.894. The summed E-state index contributed by atoms with van der Waals surface area (Å²) in [5, 5.41) is 10.4. The number of hydrogen-bond donors (Lipinski definition) is 0. The number of benzene rings is 2. The van der Waals surface area contributed by atoms with Crippen molar-refractivity contribution in [2.45, 2.75) is 16.9 Å². The van der Waals surface area contributed by atoms with Gasteiger partial charge in [-0.1, -0.05) is 60.7 Å². The van der Waals surface area contributed by atoms with E-state index in [9.17, 15) is 0 Å². The molecule has 28 heavy (non-hydrogen) atoms. The van der Waals surface area contributed by atoms with E-state index in [0.29, 0.717) is 10.5 Å². The molecule has 2 aromatic carbocycles. The molecule has 0 amide bonds. The lowest BCUT2D eigenvalue weighted by atomic mass is 9.98. The van der Waals surface area contributed by atoms with Gasteiger partial charge in [-0.05, 0) is 23.1 Å². The summed E-state index contributed by atoms with van der Waals surface area (Å²) in [6.45, 7) is 0. The maximum atomic E-state index is 4.70. The SMILES string of the molecule is c1ccc([C@@H]2S[C@@H](c3ccccc3)Cc3c2sc2ncn4cnnc4c32)cc1. The quantitative estimate of drug-likeness (QED) is 0.395. The van der Waals surface area contributed by atoms with E-state index in [4.69, 9.17) is 4.98 Å². The van der Waals surface area contributed by atoms with Gasteiger partial charge in [-0.3, -0.25) is 4.40 Å². The summed E-state index contributed by atoms with van der Waals surface area (Å²) in [4.78, 5) is 7.17. The van der Waals surface area contributed by atoms with Crippen molar-refractivity contribution in [1.82, 2.24) is 19.6 Å². The molecule has 0 fully saturated rings. The Morgan fingerprint density at radius 3 is 2.43 bits per heavy atom. The Kier molecular flexibility index (Phi) is 3.74. The van der Waals surface area contributed by atoms with Crippen LogP contribution in [0.4, 0.5) is 0 Å². The number of thioether (sulfide) groups is 1. The molecule has 4 heterocycles. The van der Waals surface area contributed by atoms with Gasteiger partial charge < -0.3 is 0 Å². The Balaban J connectivity index is 1.60. The van der Waals surface area contributed by atoms with E-state index in [1.54, 1.807) is 17.7 Å². The minimum Gasteiger partial charge on any atom is -0.271 e. The average molecular weight is 401 g/mol. The molecule has 0 spiro atoms.